The highest BCUT2D eigenvalue weighted by Gasteiger charge is 2.34. The highest BCUT2D eigenvalue weighted by molar-refractivity contribution is 7.96. The molecule has 1 aliphatic rings. The summed E-state index contributed by atoms with van der Waals surface area (Å²) in [5.74, 6) is 0. The van der Waals surface area contributed by atoms with Crippen LogP contribution < -0.4 is 0 Å². The van der Waals surface area contributed by atoms with Gasteiger partial charge in [-0.1, -0.05) is 51.1 Å². The van der Waals surface area contributed by atoms with E-state index >= 15 is 0 Å². The maximum Gasteiger partial charge on any atom is 0.184 e. The van der Waals surface area contributed by atoms with Crippen molar-refractivity contribution in [3.63, 3.8) is 0 Å². The van der Waals surface area contributed by atoms with Crippen LogP contribution in [-0.2, 0) is 18.4 Å². The number of hydrogen-bond donors (Lipinski definition) is 0. The molecule has 0 bridgehead atoms. The minimum absolute atomic E-state index is 0.0332. The summed E-state index contributed by atoms with van der Waals surface area (Å²) < 4.78 is 23.0. The summed E-state index contributed by atoms with van der Waals surface area (Å²) in [5.41, 5.74) is 1.22. The zero-order valence-electron chi connectivity index (χ0n) is 15.4. The van der Waals surface area contributed by atoms with Crippen LogP contribution in [0.15, 0.2) is 30.3 Å². The van der Waals surface area contributed by atoms with Crippen molar-refractivity contribution in [1.82, 2.24) is 0 Å². The lowest BCUT2D eigenvalue weighted by Crippen LogP contribution is -2.35. The molecule has 0 aromatic heterocycles. The largest absolute Gasteiger partial charge is 0.371 e. The lowest BCUT2D eigenvalue weighted by molar-refractivity contribution is -0.231. The number of rotatable bonds is 7. The van der Waals surface area contributed by atoms with Gasteiger partial charge in [0, 0.05) is 10.3 Å². The van der Waals surface area contributed by atoms with Crippen LogP contribution in [0.25, 0.3) is 0 Å². The first kappa shape index (κ1) is 19.7. The standard InChI is InChI=1S/C19H30O4S/c1-18(2,3)19(4,5)24-23-12-11-20-16-13-21-17(22-14-16)15-9-7-6-8-10-15/h6-10,16-17H,11-14H2,1-5H3. The fourth-order valence-corrected chi connectivity index (χ4v) is 2.64. The molecule has 4 nitrogen and oxygen atoms in total. The molecule has 0 amide bonds. The van der Waals surface area contributed by atoms with Crippen molar-refractivity contribution in [3.8, 4) is 0 Å². The zero-order valence-corrected chi connectivity index (χ0v) is 16.2. The average Bonchev–Trinajstić information content (AvgIpc) is 2.55. The molecule has 0 spiro atoms. The Kier molecular flexibility index (Phi) is 7.13. The molecule has 5 heteroatoms. The molecule has 1 heterocycles. The van der Waals surface area contributed by atoms with E-state index in [0.29, 0.717) is 26.4 Å². The fraction of sp³-hybridized carbons (Fsp3) is 0.684. The van der Waals surface area contributed by atoms with E-state index in [1.807, 2.05) is 30.3 Å². The molecule has 0 N–H and O–H groups in total. The second-order valence-corrected chi connectivity index (χ2v) is 8.99. The zero-order chi connectivity index (χ0) is 17.6. The Hall–Kier alpha value is -0.590. The molecule has 0 aliphatic carbocycles. The molecule has 24 heavy (non-hydrogen) atoms. The summed E-state index contributed by atoms with van der Waals surface area (Å²) in [5, 5.41) is 0. The van der Waals surface area contributed by atoms with Crippen molar-refractivity contribution in [1.29, 1.82) is 0 Å². The molecule has 0 radical (unpaired) electrons. The van der Waals surface area contributed by atoms with Crippen LogP contribution in [-0.4, -0.2) is 37.3 Å². The maximum absolute atomic E-state index is 5.78. The summed E-state index contributed by atoms with van der Waals surface area (Å²) in [6.45, 7) is 13.2. The Labute approximate surface area is 150 Å². The van der Waals surface area contributed by atoms with E-state index in [1.165, 1.54) is 12.0 Å². The molecular weight excluding hydrogens is 324 g/mol. The lowest BCUT2D eigenvalue weighted by Gasteiger charge is -2.37. The van der Waals surface area contributed by atoms with Gasteiger partial charge in [0.25, 0.3) is 0 Å². The number of benzene rings is 1. The first-order valence-corrected chi connectivity index (χ1v) is 9.24. The molecular formula is C19H30O4S. The summed E-state index contributed by atoms with van der Waals surface area (Å²) >= 11 is 1.53. The Morgan fingerprint density at radius 1 is 1.00 bits per heavy atom. The van der Waals surface area contributed by atoms with E-state index in [0.717, 1.165) is 5.56 Å². The second kappa shape index (κ2) is 8.68. The van der Waals surface area contributed by atoms with Gasteiger partial charge in [0.15, 0.2) is 6.29 Å². The van der Waals surface area contributed by atoms with Crippen molar-refractivity contribution in [2.45, 2.75) is 51.8 Å². The highest BCUT2D eigenvalue weighted by Crippen LogP contribution is 2.41. The summed E-state index contributed by atoms with van der Waals surface area (Å²) in [6, 6.07) is 9.97. The molecule has 0 atom stereocenters. The quantitative estimate of drug-likeness (QED) is 0.528. The van der Waals surface area contributed by atoms with Gasteiger partial charge in [-0.2, -0.15) is 0 Å². The summed E-state index contributed by atoms with van der Waals surface area (Å²) in [7, 11) is 0. The van der Waals surface area contributed by atoms with Crippen molar-refractivity contribution < 1.29 is 18.4 Å². The molecule has 136 valence electrons. The minimum Gasteiger partial charge on any atom is -0.371 e. The molecule has 1 aliphatic heterocycles. The van der Waals surface area contributed by atoms with Gasteiger partial charge in [-0.15, -0.1) is 0 Å². The molecule has 1 aromatic rings. The van der Waals surface area contributed by atoms with E-state index in [9.17, 15) is 0 Å². The summed E-state index contributed by atoms with van der Waals surface area (Å²) in [6.07, 6.45) is -0.320. The highest BCUT2D eigenvalue weighted by atomic mass is 32.2. The monoisotopic (exact) mass is 354 g/mol. The van der Waals surface area contributed by atoms with Crippen LogP contribution in [0.5, 0.6) is 0 Å². The van der Waals surface area contributed by atoms with Crippen LogP contribution in [0.1, 0.15) is 46.5 Å². The van der Waals surface area contributed by atoms with E-state index in [4.69, 9.17) is 18.4 Å². The van der Waals surface area contributed by atoms with Crippen LogP contribution >= 0.6 is 12.0 Å². The van der Waals surface area contributed by atoms with Crippen LogP contribution in [0.2, 0.25) is 0 Å². The Bertz CT molecular complexity index is 476. The normalized spacial score (nSPS) is 22.5. The second-order valence-electron chi connectivity index (χ2n) is 7.57. The van der Waals surface area contributed by atoms with E-state index in [2.05, 4.69) is 34.6 Å². The van der Waals surface area contributed by atoms with Crippen molar-refractivity contribution in [2.75, 3.05) is 26.4 Å². The Morgan fingerprint density at radius 2 is 1.62 bits per heavy atom. The smallest absolute Gasteiger partial charge is 0.184 e. The van der Waals surface area contributed by atoms with Gasteiger partial charge in [0.05, 0.1) is 26.4 Å². The third-order valence-corrected chi connectivity index (χ3v) is 5.85. The number of ether oxygens (including phenoxy) is 3. The van der Waals surface area contributed by atoms with Crippen molar-refractivity contribution >= 4 is 12.0 Å². The van der Waals surface area contributed by atoms with Crippen LogP contribution in [0, 0.1) is 5.41 Å². The first-order chi connectivity index (χ1) is 11.3. The van der Waals surface area contributed by atoms with Crippen molar-refractivity contribution in [3.05, 3.63) is 35.9 Å². The van der Waals surface area contributed by atoms with E-state index in [-0.39, 0.29) is 22.6 Å². The fourth-order valence-electron chi connectivity index (χ4n) is 1.95. The molecule has 0 unspecified atom stereocenters. The van der Waals surface area contributed by atoms with Gasteiger partial charge in [-0.25, -0.2) is 0 Å². The third kappa shape index (κ3) is 5.74. The van der Waals surface area contributed by atoms with Crippen LogP contribution in [0.3, 0.4) is 0 Å². The molecule has 2 rings (SSSR count). The van der Waals surface area contributed by atoms with E-state index < -0.39 is 0 Å². The topological polar surface area (TPSA) is 36.9 Å². The van der Waals surface area contributed by atoms with Gasteiger partial charge in [-0.3, -0.25) is 0 Å². The maximum atomic E-state index is 5.78. The Balaban J connectivity index is 1.60. The average molecular weight is 355 g/mol. The van der Waals surface area contributed by atoms with Gasteiger partial charge in [0.2, 0.25) is 0 Å². The molecule has 1 saturated heterocycles. The SMILES string of the molecule is CC(C)(C)C(C)(C)SOCCOC1COC(c2ccccc2)OC1. The molecule has 1 fully saturated rings. The van der Waals surface area contributed by atoms with Gasteiger partial charge < -0.3 is 18.4 Å². The first-order valence-electron chi connectivity index (χ1n) is 8.50. The third-order valence-electron chi connectivity index (χ3n) is 4.53. The van der Waals surface area contributed by atoms with Gasteiger partial charge >= 0.3 is 0 Å². The van der Waals surface area contributed by atoms with Crippen LogP contribution in [0.4, 0.5) is 0 Å². The molecule has 0 saturated carbocycles. The minimum atomic E-state index is -0.287. The van der Waals surface area contributed by atoms with E-state index in [1.54, 1.807) is 0 Å². The van der Waals surface area contributed by atoms with Gasteiger partial charge in [0.1, 0.15) is 6.10 Å². The predicted molar refractivity (Wildman–Crippen MR) is 97.9 cm³/mol. The van der Waals surface area contributed by atoms with Crippen molar-refractivity contribution in [2.24, 2.45) is 5.41 Å². The summed E-state index contributed by atoms with van der Waals surface area (Å²) in [4.78, 5) is 0. The number of hydrogen-bond acceptors (Lipinski definition) is 5. The van der Waals surface area contributed by atoms with Gasteiger partial charge in [-0.05, 0) is 31.3 Å². The Morgan fingerprint density at radius 3 is 2.21 bits per heavy atom. The molecule has 1 aromatic carbocycles. The lowest BCUT2D eigenvalue weighted by atomic mass is 9.83. The predicted octanol–water partition coefficient (Wildman–Crippen LogP) is 4.61.